The van der Waals surface area contributed by atoms with E-state index < -0.39 is 16.9 Å². The number of benzene rings is 1. The summed E-state index contributed by atoms with van der Waals surface area (Å²) in [5.74, 6) is -0.714. The van der Waals surface area contributed by atoms with Gasteiger partial charge in [0.05, 0.1) is 5.36 Å². The number of nitro groups is 1. The van der Waals surface area contributed by atoms with E-state index in [9.17, 15) is 14.9 Å². The fourth-order valence-electron chi connectivity index (χ4n) is 1.31. The third kappa shape index (κ3) is 1.28. The largest absolute Gasteiger partial charge is 0.325 e. The van der Waals surface area contributed by atoms with Gasteiger partial charge in [-0.1, -0.05) is 18.2 Å². The van der Waals surface area contributed by atoms with E-state index in [4.69, 9.17) is 0 Å². The first-order valence-electron chi connectivity index (χ1n) is 4.01. The van der Waals surface area contributed by atoms with Crippen LogP contribution in [0.2, 0.25) is 0 Å². The first kappa shape index (κ1) is 8.55. The Morgan fingerprint density at radius 2 is 2.07 bits per heavy atom. The SMILES string of the molecule is O=C1N=c2ccccc2=CC1[N+](=O)[O-]. The van der Waals surface area contributed by atoms with E-state index in [1.807, 2.05) is 0 Å². The molecule has 14 heavy (non-hydrogen) atoms. The van der Waals surface area contributed by atoms with Gasteiger partial charge in [0.15, 0.2) is 0 Å². The topological polar surface area (TPSA) is 72.6 Å². The fraction of sp³-hybridized carbons (Fsp3) is 0.111. The normalized spacial score (nSPS) is 19.1. The highest BCUT2D eigenvalue weighted by atomic mass is 16.6. The average Bonchev–Trinajstić information content (AvgIpc) is 2.16. The molecule has 1 aromatic rings. The monoisotopic (exact) mass is 190 g/mol. The number of nitrogens with zero attached hydrogens (tertiary/aromatic N) is 2. The van der Waals surface area contributed by atoms with Crippen LogP contribution >= 0.6 is 0 Å². The van der Waals surface area contributed by atoms with Crippen molar-refractivity contribution in [3.05, 3.63) is 45.0 Å². The van der Waals surface area contributed by atoms with Crippen LogP contribution in [0.5, 0.6) is 0 Å². The van der Waals surface area contributed by atoms with Crippen LogP contribution in [0.1, 0.15) is 0 Å². The summed E-state index contributed by atoms with van der Waals surface area (Å²) < 4.78 is 0. The van der Waals surface area contributed by atoms with Gasteiger partial charge in [-0.25, -0.2) is 4.99 Å². The second-order valence-electron chi connectivity index (χ2n) is 2.91. The molecule has 1 aliphatic rings. The van der Waals surface area contributed by atoms with Crippen molar-refractivity contribution in [1.29, 1.82) is 0 Å². The molecule has 0 saturated heterocycles. The second kappa shape index (κ2) is 3.02. The maximum atomic E-state index is 11.2. The van der Waals surface area contributed by atoms with Gasteiger partial charge in [0.1, 0.15) is 0 Å². The van der Waals surface area contributed by atoms with Gasteiger partial charge < -0.3 is 0 Å². The zero-order valence-corrected chi connectivity index (χ0v) is 7.08. The van der Waals surface area contributed by atoms with Crippen molar-refractivity contribution < 1.29 is 9.72 Å². The molecule has 0 radical (unpaired) electrons. The molecule has 0 N–H and O–H groups in total. The number of hydrogen-bond acceptors (Lipinski definition) is 3. The minimum Gasteiger partial charge on any atom is -0.264 e. The van der Waals surface area contributed by atoms with Crippen molar-refractivity contribution in [2.45, 2.75) is 6.04 Å². The molecule has 5 heteroatoms. The number of hydrogen-bond donors (Lipinski definition) is 0. The Bertz CT molecular complexity index is 521. The predicted molar refractivity (Wildman–Crippen MR) is 47.5 cm³/mol. The Labute approximate surface area is 78.5 Å². The lowest BCUT2D eigenvalue weighted by Gasteiger charge is -2.03. The molecule has 1 amide bonds. The minimum absolute atomic E-state index is 0.496. The smallest absolute Gasteiger partial charge is 0.264 e. The number of amides is 1. The van der Waals surface area contributed by atoms with Crippen molar-refractivity contribution in [3.8, 4) is 0 Å². The van der Waals surface area contributed by atoms with Crippen LogP contribution < -0.4 is 10.6 Å². The molecular formula is C9H6N2O3. The third-order valence-corrected chi connectivity index (χ3v) is 1.98. The van der Waals surface area contributed by atoms with Crippen LogP contribution in [-0.2, 0) is 4.79 Å². The van der Waals surface area contributed by atoms with Crippen LogP contribution in [0.25, 0.3) is 6.08 Å². The Kier molecular flexibility index (Phi) is 1.85. The molecule has 0 fully saturated rings. The predicted octanol–water partition coefficient (Wildman–Crippen LogP) is -0.728. The highest BCUT2D eigenvalue weighted by Gasteiger charge is 2.28. The summed E-state index contributed by atoms with van der Waals surface area (Å²) in [5.41, 5.74) is 0. The van der Waals surface area contributed by atoms with Crippen LogP contribution in [0.4, 0.5) is 0 Å². The summed E-state index contributed by atoms with van der Waals surface area (Å²) in [6.45, 7) is 0. The number of para-hydroxylation sites is 1. The maximum Gasteiger partial charge on any atom is 0.325 e. The van der Waals surface area contributed by atoms with Gasteiger partial charge in [-0.3, -0.25) is 14.9 Å². The fourth-order valence-corrected chi connectivity index (χ4v) is 1.31. The van der Waals surface area contributed by atoms with Gasteiger partial charge in [-0.15, -0.1) is 0 Å². The number of rotatable bonds is 1. The molecule has 2 rings (SSSR count). The molecule has 1 heterocycles. The molecule has 5 nitrogen and oxygen atoms in total. The summed E-state index contributed by atoms with van der Waals surface area (Å²) in [4.78, 5) is 24.6. The molecule has 0 spiro atoms. The molecule has 0 saturated carbocycles. The van der Waals surface area contributed by atoms with E-state index in [0.29, 0.717) is 10.6 Å². The first-order valence-corrected chi connectivity index (χ1v) is 4.01. The second-order valence-corrected chi connectivity index (χ2v) is 2.91. The Balaban J connectivity index is 2.67. The Morgan fingerprint density at radius 3 is 2.79 bits per heavy atom. The van der Waals surface area contributed by atoms with Gasteiger partial charge in [-0.2, -0.15) is 0 Å². The van der Waals surface area contributed by atoms with Crippen molar-refractivity contribution in [3.63, 3.8) is 0 Å². The zero-order chi connectivity index (χ0) is 10.1. The van der Waals surface area contributed by atoms with E-state index in [2.05, 4.69) is 4.99 Å². The van der Waals surface area contributed by atoms with Gasteiger partial charge in [0.2, 0.25) is 0 Å². The first-order chi connectivity index (χ1) is 6.68. The van der Waals surface area contributed by atoms with Crippen molar-refractivity contribution in [2.75, 3.05) is 0 Å². The molecule has 1 aromatic carbocycles. The summed E-state index contributed by atoms with van der Waals surface area (Å²) >= 11 is 0. The van der Waals surface area contributed by atoms with Crippen molar-refractivity contribution >= 4 is 12.0 Å². The Hall–Kier alpha value is -2.04. The number of fused-ring (bicyclic) bond motifs is 1. The van der Waals surface area contributed by atoms with E-state index in [1.165, 1.54) is 6.08 Å². The maximum absolute atomic E-state index is 11.2. The molecule has 0 aliphatic carbocycles. The van der Waals surface area contributed by atoms with E-state index in [-0.39, 0.29) is 0 Å². The van der Waals surface area contributed by atoms with Gasteiger partial charge in [-0.05, 0) is 6.07 Å². The molecule has 1 aliphatic heterocycles. The van der Waals surface area contributed by atoms with Crippen LogP contribution in [0.15, 0.2) is 29.3 Å². The van der Waals surface area contributed by atoms with E-state index >= 15 is 0 Å². The molecule has 0 aromatic heterocycles. The third-order valence-electron chi connectivity index (χ3n) is 1.98. The zero-order valence-electron chi connectivity index (χ0n) is 7.08. The standard InChI is InChI=1S/C9H6N2O3/c12-9-8(11(13)14)5-6-3-1-2-4-7(6)10-9/h1-5,8H. The quantitative estimate of drug-likeness (QED) is 0.433. The summed E-state index contributed by atoms with van der Waals surface area (Å²) in [5, 5.41) is 11.6. The average molecular weight is 190 g/mol. The summed E-state index contributed by atoms with van der Waals surface area (Å²) in [6.07, 6.45) is 1.32. The van der Waals surface area contributed by atoms with E-state index in [1.54, 1.807) is 24.3 Å². The lowest BCUT2D eigenvalue weighted by atomic mass is 10.1. The van der Waals surface area contributed by atoms with Gasteiger partial charge in [0.25, 0.3) is 0 Å². The summed E-state index contributed by atoms with van der Waals surface area (Å²) in [6, 6.07) is 5.50. The molecule has 0 bridgehead atoms. The highest BCUT2D eigenvalue weighted by molar-refractivity contribution is 5.88. The van der Waals surface area contributed by atoms with Crippen LogP contribution in [0.3, 0.4) is 0 Å². The molecular weight excluding hydrogens is 184 g/mol. The minimum atomic E-state index is -1.33. The van der Waals surface area contributed by atoms with Crippen molar-refractivity contribution in [2.24, 2.45) is 4.99 Å². The van der Waals surface area contributed by atoms with Crippen molar-refractivity contribution in [1.82, 2.24) is 0 Å². The van der Waals surface area contributed by atoms with E-state index in [0.717, 1.165) is 0 Å². The lowest BCUT2D eigenvalue weighted by molar-refractivity contribution is -0.490. The lowest BCUT2D eigenvalue weighted by Crippen LogP contribution is -2.39. The number of carbonyl (C=O) groups excluding carboxylic acids is 1. The Morgan fingerprint density at radius 1 is 1.36 bits per heavy atom. The van der Waals surface area contributed by atoms with Crippen LogP contribution in [-0.4, -0.2) is 16.9 Å². The van der Waals surface area contributed by atoms with Crippen LogP contribution in [0, 0.1) is 10.1 Å². The van der Waals surface area contributed by atoms with Gasteiger partial charge in [0, 0.05) is 16.2 Å². The highest BCUT2D eigenvalue weighted by Crippen LogP contribution is 1.97. The van der Waals surface area contributed by atoms with Gasteiger partial charge >= 0.3 is 11.9 Å². The molecule has 1 atom stereocenters. The molecule has 70 valence electrons. The number of carbonyl (C=O) groups is 1. The summed E-state index contributed by atoms with van der Waals surface area (Å²) in [7, 11) is 0. The molecule has 1 unspecified atom stereocenters.